The second-order valence-corrected chi connectivity index (χ2v) is 7.74. The fraction of sp³-hybridized carbons (Fsp3) is 0.588. The maximum Gasteiger partial charge on any atom is 0.243 e. The van der Waals surface area contributed by atoms with Gasteiger partial charge in [-0.1, -0.05) is 0 Å². The lowest BCUT2D eigenvalue weighted by Gasteiger charge is -2.36. The number of hydrogen-bond donors (Lipinski definition) is 1. The molecule has 0 radical (unpaired) electrons. The van der Waals surface area contributed by atoms with Gasteiger partial charge in [0, 0.05) is 36.3 Å². The van der Waals surface area contributed by atoms with Crippen molar-refractivity contribution in [2.24, 2.45) is 7.05 Å². The van der Waals surface area contributed by atoms with E-state index in [4.69, 9.17) is 0 Å². The molecule has 1 aliphatic rings. The number of nitrogens with zero attached hydrogens (tertiary/aromatic N) is 4. The summed E-state index contributed by atoms with van der Waals surface area (Å²) in [6, 6.07) is 1.92. The molecule has 3 heterocycles. The molecular weight excluding hydrogens is 322 g/mol. The number of hydrogen-bond acceptors (Lipinski definition) is 5. The molecule has 1 fully saturated rings. The van der Waals surface area contributed by atoms with Crippen LogP contribution in [0.15, 0.2) is 12.3 Å². The Kier molecular flexibility index (Phi) is 5.01. The molecule has 1 saturated heterocycles. The quantitative estimate of drug-likeness (QED) is 0.924. The van der Waals surface area contributed by atoms with Gasteiger partial charge >= 0.3 is 0 Å². The number of anilines is 1. The van der Waals surface area contributed by atoms with E-state index in [-0.39, 0.29) is 11.9 Å². The monoisotopic (exact) mass is 347 g/mol. The van der Waals surface area contributed by atoms with Crippen LogP contribution >= 0.6 is 11.3 Å². The molecular formula is C17H25N5OS. The molecule has 7 heteroatoms. The highest BCUT2D eigenvalue weighted by Crippen LogP contribution is 2.28. The second-order valence-electron chi connectivity index (χ2n) is 6.54. The summed E-state index contributed by atoms with van der Waals surface area (Å²) in [4.78, 5) is 20.4. The van der Waals surface area contributed by atoms with Crippen molar-refractivity contribution in [2.45, 2.75) is 45.6 Å². The topological polar surface area (TPSA) is 63.1 Å². The minimum Gasteiger partial charge on any atom is -0.301 e. The Bertz CT molecular complexity index is 703. The zero-order valence-corrected chi connectivity index (χ0v) is 15.6. The summed E-state index contributed by atoms with van der Waals surface area (Å²) in [6.07, 6.45) is 4.09. The standard InChI is InChI=1S/C17H25N5OS/c1-11-13(3)24-17(19-11)20-16(23)12(2)22-9-5-6-14(10-22)15-7-8-18-21(15)4/h7-8,12,14H,5-6,9-10H2,1-4H3,(H,19,20,23)/t12-,14-/m0/s1. The molecule has 2 atom stereocenters. The average molecular weight is 347 g/mol. The Morgan fingerprint density at radius 2 is 2.25 bits per heavy atom. The second kappa shape index (κ2) is 7.03. The van der Waals surface area contributed by atoms with E-state index < -0.39 is 0 Å². The SMILES string of the molecule is Cc1nc(NC(=O)[C@H](C)N2CCC[C@H](c3ccnn3C)C2)sc1C. The van der Waals surface area contributed by atoms with Crippen LogP contribution in [0.25, 0.3) is 0 Å². The summed E-state index contributed by atoms with van der Waals surface area (Å²) in [5.74, 6) is 0.459. The minimum absolute atomic E-state index is 0.0226. The van der Waals surface area contributed by atoms with Crippen molar-refractivity contribution in [3.8, 4) is 0 Å². The fourth-order valence-corrected chi connectivity index (χ4v) is 4.10. The fourth-order valence-electron chi connectivity index (χ4n) is 3.29. The third-order valence-corrected chi connectivity index (χ3v) is 5.90. The number of piperidine rings is 1. The lowest BCUT2D eigenvalue weighted by Crippen LogP contribution is -2.46. The van der Waals surface area contributed by atoms with E-state index in [9.17, 15) is 4.79 Å². The largest absolute Gasteiger partial charge is 0.301 e. The van der Waals surface area contributed by atoms with Gasteiger partial charge in [0.25, 0.3) is 0 Å². The molecule has 0 aliphatic carbocycles. The summed E-state index contributed by atoms with van der Waals surface area (Å²) >= 11 is 1.53. The molecule has 0 unspecified atom stereocenters. The molecule has 0 saturated carbocycles. The van der Waals surface area contributed by atoms with Gasteiger partial charge in [-0.3, -0.25) is 14.4 Å². The molecule has 0 aromatic carbocycles. The van der Waals surface area contributed by atoms with Crippen LogP contribution in [0.4, 0.5) is 5.13 Å². The van der Waals surface area contributed by atoms with Crippen LogP contribution in [-0.2, 0) is 11.8 Å². The maximum atomic E-state index is 12.6. The van der Waals surface area contributed by atoms with Crippen molar-refractivity contribution < 1.29 is 4.79 Å². The van der Waals surface area contributed by atoms with Crippen LogP contribution in [0.5, 0.6) is 0 Å². The highest BCUT2D eigenvalue weighted by atomic mass is 32.1. The highest BCUT2D eigenvalue weighted by molar-refractivity contribution is 7.15. The van der Waals surface area contributed by atoms with E-state index in [1.807, 2.05) is 38.7 Å². The Morgan fingerprint density at radius 3 is 2.88 bits per heavy atom. The van der Waals surface area contributed by atoms with Gasteiger partial charge in [-0.25, -0.2) is 4.98 Å². The van der Waals surface area contributed by atoms with Gasteiger partial charge < -0.3 is 5.32 Å². The molecule has 24 heavy (non-hydrogen) atoms. The smallest absolute Gasteiger partial charge is 0.243 e. The van der Waals surface area contributed by atoms with E-state index >= 15 is 0 Å². The molecule has 2 aromatic rings. The van der Waals surface area contributed by atoms with Crippen LogP contribution in [0.3, 0.4) is 0 Å². The van der Waals surface area contributed by atoms with Gasteiger partial charge in [-0.2, -0.15) is 5.10 Å². The number of carbonyl (C=O) groups excluding carboxylic acids is 1. The third kappa shape index (κ3) is 3.52. The molecule has 0 spiro atoms. The predicted molar refractivity (Wildman–Crippen MR) is 96.4 cm³/mol. The number of carbonyl (C=O) groups is 1. The first-order valence-electron chi connectivity index (χ1n) is 8.42. The van der Waals surface area contributed by atoms with E-state index in [1.54, 1.807) is 0 Å². The van der Waals surface area contributed by atoms with Gasteiger partial charge in [0.15, 0.2) is 5.13 Å². The lowest BCUT2D eigenvalue weighted by atomic mass is 9.93. The first-order valence-corrected chi connectivity index (χ1v) is 9.24. The Balaban J connectivity index is 1.64. The van der Waals surface area contributed by atoms with Crippen molar-refractivity contribution in [3.05, 3.63) is 28.5 Å². The summed E-state index contributed by atoms with van der Waals surface area (Å²) in [5.41, 5.74) is 2.23. The van der Waals surface area contributed by atoms with Crippen LogP contribution in [-0.4, -0.2) is 44.7 Å². The highest BCUT2D eigenvalue weighted by Gasteiger charge is 2.29. The molecule has 1 N–H and O–H groups in total. The van der Waals surface area contributed by atoms with Crippen LogP contribution in [0.2, 0.25) is 0 Å². The van der Waals surface area contributed by atoms with Crippen LogP contribution < -0.4 is 5.32 Å². The van der Waals surface area contributed by atoms with Crippen LogP contribution in [0, 0.1) is 13.8 Å². The molecule has 6 nitrogen and oxygen atoms in total. The number of aromatic nitrogens is 3. The Labute approximate surface area is 146 Å². The van der Waals surface area contributed by atoms with Crippen molar-refractivity contribution in [1.29, 1.82) is 0 Å². The van der Waals surface area contributed by atoms with E-state index in [0.717, 1.165) is 36.5 Å². The predicted octanol–water partition coefficient (Wildman–Crippen LogP) is 2.70. The van der Waals surface area contributed by atoms with Crippen molar-refractivity contribution in [2.75, 3.05) is 18.4 Å². The summed E-state index contributed by atoms with van der Waals surface area (Å²) in [7, 11) is 1.98. The summed E-state index contributed by atoms with van der Waals surface area (Å²) in [6.45, 7) is 7.82. The number of aryl methyl sites for hydroxylation is 3. The third-order valence-electron chi connectivity index (χ3n) is 4.92. The molecule has 130 valence electrons. The number of amides is 1. The number of rotatable bonds is 4. The van der Waals surface area contributed by atoms with E-state index in [2.05, 4.69) is 26.4 Å². The first-order chi connectivity index (χ1) is 11.5. The zero-order chi connectivity index (χ0) is 17.3. The lowest BCUT2D eigenvalue weighted by molar-refractivity contribution is -0.121. The van der Waals surface area contributed by atoms with Gasteiger partial charge in [-0.05, 0) is 46.2 Å². The molecule has 3 rings (SSSR count). The summed E-state index contributed by atoms with van der Waals surface area (Å²) in [5, 5.41) is 7.94. The molecule has 1 aliphatic heterocycles. The first kappa shape index (κ1) is 17.1. The van der Waals surface area contributed by atoms with Crippen molar-refractivity contribution >= 4 is 22.4 Å². The van der Waals surface area contributed by atoms with Crippen LogP contribution in [0.1, 0.15) is 41.9 Å². The van der Waals surface area contributed by atoms with Crippen molar-refractivity contribution in [1.82, 2.24) is 19.7 Å². The molecule has 1 amide bonds. The summed E-state index contributed by atoms with van der Waals surface area (Å²) < 4.78 is 1.94. The maximum absolute atomic E-state index is 12.6. The molecule has 0 bridgehead atoms. The number of likely N-dealkylation sites (tertiary alicyclic amines) is 1. The van der Waals surface area contributed by atoms with Crippen molar-refractivity contribution in [3.63, 3.8) is 0 Å². The van der Waals surface area contributed by atoms with E-state index in [1.165, 1.54) is 17.0 Å². The van der Waals surface area contributed by atoms with Gasteiger partial charge in [0.1, 0.15) is 0 Å². The average Bonchev–Trinajstić information content (AvgIpc) is 3.12. The Morgan fingerprint density at radius 1 is 1.46 bits per heavy atom. The van der Waals surface area contributed by atoms with Gasteiger partial charge in [0.2, 0.25) is 5.91 Å². The van der Waals surface area contributed by atoms with E-state index in [0.29, 0.717) is 11.0 Å². The van der Waals surface area contributed by atoms with Gasteiger partial charge in [-0.15, -0.1) is 11.3 Å². The Hall–Kier alpha value is -1.73. The minimum atomic E-state index is -0.162. The normalized spacial score (nSPS) is 20.1. The number of nitrogens with one attached hydrogen (secondary N) is 1. The van der Waals surface area contributed by atoms with Gasteiger partial charge in [0.05, 0.1) is 11.7 Å². The molecule has 2 aromatic heterocycles. The zero-order valence-electron chi connectivity index (χ0n) is 14.7. The number of thiazole rings is 1.